The van der Waals surface area contributed by atoms with Crippen LogP contribution in [0.5, 0.6) is 0 Å². The highest BCUT2D eigenvalue weighted by Gasteiger charge is 2.23. The van der Waals surface area contributed by atoms with Crippen molar-refractivity contribution in [2.45, 2.75) is 32.9 Å². The lowest BCUT2D eigenvalue weighted by molar-refractivity contribution is -0.117. The van der Waals surface area contributed by atoms with Gasteiger partial charge in [0.2, 0.25) is 5.91 Å². The molecule has 1 aromatic carbocycles. The Morgan fingerprint density at radius 3 is 2.70 bits per heavy atom. The first kappa shape index (κ1) is 19.8. The molecular weight excluding hydrogens is 430 g/mol. The lowest BCUT2D eigenvalue weighted by Crippen LogP contribution is -2.36. The molecule has 0 fully saturated rings. The molecule has 3 rings (SSSR count). The fourth-order valence-electron chi connectivity index (χ4n) is 2.77. The zero-order valence-corrected chi connectivity index (χ0v) is 17.6. The van der Waals surface area contributed by atoms with Crippen molar-refractivity contribution in [3.63, 3.8) is 0 Å². The van der Waals surface area contributed by atoms with Crippen molar-refractivity contribution < 1.29 is 9.59 Å². The Hall–Kier alpha value is -1.97. The van der Waals surface area contributed by atoms with Gasteiger partial charge in [0.25, 0.3) is 0 Å². The summed E-state index contributed by atoms with van der Waals surface area (Å²) in [7, 11) is 0. The van der Waals surface area contributed by atoms with Gasteiger partial charge in [-0.1, -0.05) is 15.9 Å². The summed E-state index contributed by atoms with van der Waals surface area (Å²) < 4.78 is 0.973. The highest BCUT2D eigenvalue weighted by Crippen LogP contribution is 2.28. The second-order valence-corrected chi connectivity index (χ2v) is 8.66. The van der Waals surface area contributed by atoms with E-state index in [0.29, 0.717) is 18.2 Å². The van der Waals surface area contributed by atoms with Crippen molar-refractivity contribution >= 4 is 50.0 Å². The van der Waals surface area contributed by atoms with Crippen LogP contribution in [0, 0.1) is 0 Å². The molecular formula is C18H22BrN5O2S. The molecule has 0 aliphatic carbocycles. The van der Waals surface area contributed by atoms with Gasteiger partial charge in [0, 0.05) is 40.6 Å². The minimum absolute atomic E-state index is 0.0417. The van der Waals surface area contributed by atoms with E-state index in [1.54, 1.807) is 0 Å². The highest BCUT2D eigenvalue weighted by atomic mass is 79.9. The maximum Gasteiger partial charge on any atom is 0.321 e. The van der Waals surface area contributed by atoms with E-state index in [9.17, 15) is 9.59 Å². The third-order valence-electron chi connectivity index (χ3n) is 3.95. The molecule has 7 nitrogen and oxygen atoms in total. The summed E-state index contributed by atoms with van der Waals surface area (Å²) in [6.07, 6.45) is 0.769. The average molecular weight is 452 g/mol. The quantitative estimate of drug-likeness (QED) is 0.649. The number of nitrogens with zero attached hydrogens (tertiary/aromatic N) is 2. The smallest absolute Gasteiger partial charge is 0.321 e. The number of nitrogens with one attached hydrogen (secondary N) is 3. The number of anilines is 2. The molecule has 2 heterocycles. The van der Waals surface area contributed by atoms with E-state index < -0.39 is 0 Å². The van der Waals surface area contributed by atoms with Crippen molar-refractivity contribution in [3.8, 4) is 0 Å². The molecule has 3 N–H and O–H groups in total. The van der Waals surface area contributed by atoms with Crippen LogP contribution in [0.4, 0.5) is 15.6 Å². The highest BCUT2D eigenvalue weighted by molar-refractivity contribution is 9.10. The molecule has 144 valence electrons. The molecule has 9 heteroatoms. The van der Waals surface area contributed by atoms with Gasteiger partial charge >= 0.3 is 6.03 Å². The van der Waals surface area contributed by atoms with Crippen molar-refractivity contribution in [3.05, 3.63) is 39.3 Å². The molecule has 0 unspecified atom stereocenters. The fraction of sp³-hybridized carbons (Fsp3) is 0.389. The number of hydrogen-bond donors (Lipinski definition) is 3. The van der Waals surface area contributed by atoms with Gasteiger partial charge in [0.15, 0.2) is 5.13 Å². The normalized spacial score (nSPS) is 13.9. The van der Waals surface area contributed by atoms with Crippen LogP contribution >= 0.6 is 27.3 Å². The van der Waals surface area contributed by atoms with Crippen LogP contribution in [0.25, 0.3) is 0 Å². The molecule has 0 saturated carbocycles. The molecule has 1 aliphatic heterocycles. The molecule has 1 aromatic heterocycles. The van der Waals surface area contributed by atoms with E-state index in [0.717, 1.165) is 33.7 Å². The Labute approximate surface area is 170 Å². The van der Waals surface area contributed by atoms with Crippen LogP contribution in [0.1, 0.15) is 24.4 Å². The zero-order valence-electron chi connectivity index (χ0n) is 15.2. The number of carbonyl (C=O) groups is 2. The molecule has 0 spiro atoms. The number of rotatable bonds is 5. The first-order chi connectivity index (χ1) is 12.9. The molecule has 0 saturated heterocycles. The van der Waals surface area contributed by atoms with E-state index in [-0.39, 0.29) is 18.0 Å². The molecule has 0 radical (unpaired) electrons. The maximum absolute atomic E-state index is 12.3. The number of aromatic nitrogens is 1. The molecule has 2 aromatic rings. The van der Waals surface area contributed by atoms with Crippen LogP contribution in [0.15, 0.2) is 28.7 Å². The summed E-state index contributed by atoms with van der Waals surface area (Å²) in [5.74, 6) is -0.0417. The van der Waals surface area contributed by atoms with E-state index in [1.165, 1.54) is 11.3 Å². The monoisotopic (exact) mass is 451 g/mol. The first-order valence-corrected chi connectivity index (χ1v) is 10.3. The number of benzene rings is 1. The minimum atomic E-state index is -0.248. The van der Waals surface area contributed by atoms with Gasteiger partial charge in [-0.25, -0.2) is 9.78 Å². The lowest BCUT2D eigenvalue weighted by atomic mass is 10.2. The van der Waals surface area contributed by atoms with Crippen molar-refractivity contribution in [1.82, 2.24) is 15.2 Å². The van der Waals surface area contributed by atoms with Gasteiger partial charge in [0.1, 0.15) is 0 Å². The second kappa shape index (κ2) is 8.81. The van der Waals surface area contributed by atoms with Gasteiger partial charge in [-0.15, -0.1) is 11.3 Å². The first-order valence-electron chi connectivity index (χ1n) is 8.73. The summed E-state index contributed by atoms with van der Waals surface area (Å²) >= 11 is 4.84. The number of hydrogen-bond acceptors (Lipinski definition) is 5. The van der Waals surface area contributed by atoms with Gasteiger partial charge in [-0.3, -0.25) is 15.0 Å². The number of fused-ring (bicyclic) bond motifs is 1. The Balaban J connectivity index is 1.54. The Morgan fingerprint density at radius 1 is 1.26 bits per heavy atom. The number of urea groups is 1. The van der Waals surface area contributed by atoms with Crippen LogP contribution < -0.4 is 16.0 Å². The van der Waals surface area contributed by atoms with Crippen molar-refractivity contribution in [2.24, 2.45) is 0 Å². The topological polar surface area (TPSA) is 86.4 Å². The Kier molecular flexibility index (Phi) is 6.46. The van der Waals surface area contributed by atoms with Gasteiger partial charge in [-0.2, -0.15) is 0 Å². The predicted octanol–water partition coefficient (Wildman–Crippen LogP) is 3.43. The number of amides is 3. The van der Waals surface area contributed by atoms with E-state index in [2.05, 4.69) is 41.8 Å². The van der Waals surface area contributed by atoms with Gasteiger partial charge < -0.3 is 10.6 Å². The molecule has 0 atom stereocenters. The SMILES string of the molecule is CC(C)NC(=O)Nc1nc2c(s1)CN(CC(=O)Nc1ccc(Br)cc1)CC2. The maximum atomic E-state index is 12.3. The molecule has 0 bridgehead atoms. The van der Waals surface area contributed by atoms with Crippen LogP contribution in [0.3, 0.4) is 0 Å². The molecule has 27 heavy (non-hydrogen) atoms. The van der Waals surface area contributed by atoms with Gasteiger partial charge in [0.05, 0.1) is 12.2 Å². The number of carbonyl (C=O) groups excluding carboxylic acids is 2. The molecule has 3 amide bonds. The van der Waals surface area contributed by atoms with Gasteiger partial charge in [-0.05, 0) is 38.1 Å². The van der Waals surface area contributed by atoms with Crippen LogP contribution in [-0.2, 0) is 17.8 Å². The van der Waals surface area contributed by atoms with E-state index in [1.807, 2.05) is 38.1 Å². The summed E-state index contributed by atoms with van der Waals surface area (Å²) in [5.41, 5.74) is 1.78. The Bertz CT molecular complexity index is 822. The lowest BCUT2D eigenvalue weighted by Gasteiger charge is -2.25. The Morgan fingerprint density at radius 2 is 2.00 bits per heavy atom. The van der Waals surface area contributed by atoms with E-state index >= 15 is 0 Å². The largest absolute Gasteiger partial charge is 0.336 e. The minimum Gasteiger partial charge on any atom is -0.336 e. The zero-order chi connectivity index (χ0) is 19.4. The second-order valence-electron chi connectivity index (χ2n) is 6.66. The fourth-order valence-corrected chi connectivity index (χ4v) is 4.08. The number of thiazole rings is 1. The number of halogens is 1. The summed E-state index contributed by atoms with van der Waals surface area (Å²) in [6.45, 7) is 5.56. The van der Waals surface area contributed by atoms with Crippen LogP contribution in [-0.4, -0.2) is 41.0 Å². The average Bonchev–Trinajstić information content (AvgIpc) is 2.97. The summed E-state index contributed by atoms with van der Waals surface area (Å²) in [5, 5.41) is 9.07. The van der Waals surface area contributed by atoms with Crippen molar-refractivity contribution in [1.29, 1.82) is 0 Å². The third-order valence-corrected chi connectivity index (χ3v) is 5.47. The predicted molar refractivity (Wildman–Crippen MR) is 111 cm³/mol. The summed E-state index contributed by atoms with van der Waals surface area (Å²) in [4.78, 5) is 31.8. The van der Waals surface area contributed by atoms with Crippen molar-refractivity contribution in [2.75, 3.05) is 23.7 Å². The molecule has 1 aliphatic rings. The summed E-state index contributed by atoms with van der Waals surface area (Å²) in [6, 6.07) is 7.33. The third kappa shape index (κ3) is 5.75. The van der Waals surface area contributed by atoms with Crippen LogP contribution in [0.2, 0.25) is 0 Å². The standard InChI is InChI=1S/C18H22BrN5O2S/c1-11(2)20-17(26)23-18-22-14-7-8-24(9-15(14)27-18)10-16(25)21-13-5-3-12(19)4-6-13/h3-6,11H,7-10H2,1-2H3,(H,21,25)(H2,20,22,23,26). The van der Waals surface area contributed by atoms with E-state index in [4.69, 9.17) is 0 Å².